The fourth-order valence-electron chi connectivity index (χ4n) is 3.57. The van der Waals surface area contributed by atoms with Crippen LogP contribution in [0.15, 0.2) is 0 Å². The van der Waals surface area contributed by atoms with Crippen LogP contribution < -0.4 is 5.32 Å². The monoisotopic (exact) mass is 327 g/mol. The molecule has 5 heteroatoms. The van der Waals surface area contributed by atoms with Crippen molar-refractivity contribution < 1.29 is 19.4 Å². The first kappa shape index (κ1) is 18.7. The summed E-state index contributed by atoms with van der Waals surface area (Å²) in [6.45, 7) is 8.42. The minimum atomic E-state index is -0.758. The van der Waals surface area contributed by atoms with Crippen LogP contribution in [0.1, 0.15) is 59.3 Å². The second kappa shape index (κ2) is 7.95. The topological polar surface area (TPSA) is 67.8 Å². The van der Waals surface area contributed by atoms with E-state index in [-0.39, 0.29) is 18.6 Å². The van der Waals surface area contributed by atoms with Crippen LogP contribution in [0.5, 0.6) is 0 Å². The normalized spacial score (nSPS) is 32.0. The maximum Gasteiger partial charge on any atom is 0.246 e. The number of amides is 1. The highest BCUT2D eigenvalue weighted by atomic mass is 16.5. The van der Waals surface area contributed by atoms with Gasteiger partial charge in [0.1, 0.15) is 6.61 Å². The summed E-state index contributed by atoms with van der Waals surface area (Å²) in [5.74, 6) is 0.489. The first-order chi connectivity index (χ1) is 10.8. The van der Waals surface area contributed by atoms with Gasteiger partial charge in [0.2, 0.25) is 5.91 Å². The van der Waals surface area contributed by atoms with Gasteiger partial charge in [-0.3, -0.25) is 4.79 Å². The Labute approximate surface area is 140 Å². The van der Waals surface area contributed by atoms with Crippen molar-refractivity contribution in [2.75, 3.05) is 26.4 Å². The van der Waals surface area contributed by atoms with Gasteiger partial charge in [0.05, 0.1) is 18.3 Å². The lowest BCUT2D eigenvalue weighted by Crippen LogP contribution is -2.47. The largest absolute Gasteiger partial charge is 0.388 e. The van der Waals surface area contributed by atoms with Crippen LogP contribution in [-0.2, 0) is 14.3 Å². The van der Waals surface area contributed by atoms with Crippen molar-refractivity contribution in [2.45, 2.75) is 71.0 Å². The highest BCUT2D eigenvalue weighted by Gasteiger charge is 2.37. The lowest BCUT2D eigenvalue weighted by atomic mass is 9.68. The van der Waals surface area contributed by atoms with E-state index in [1.165, 1.54) is 0 Å². The molecule has 2 rings (SSSR count). The van der Waals surface area contributed by atoms with Gasteiger partial charge in [-0.2, -0.15) is 0 Å². The van der Waals surface area contributed by atoms with Crippen molar-refractivity contribution in [1.82, 2.24) is 5.32 Å². The van der Waals surface area contributed by atoms with E-state index in [1.807, 2.05) is 0 Å². The summed E-state index contributed by atoms with van der Waals surface area (Å²) in [6, 6.07) is 0. The van der Waals surface area contributed by atoms with Gasteiger partial charge in [-0.1, -0.05) is 20.8 Å². The SMILES string of the molecule is CC(C)(C)C1CCC(O)(CNC(=O)COC[C@@H]2CCCO2)CC1. The highest BCUT2D eigenvalue weighted by molar-refractivity contribution is 5.77. The van der Waals surface area contributed by atoms with Crippen molar-refractivity contribution in [3.63, 3.8) is 0 Å². The molecule has 0 aromatic heterocycles. The summed E-state index contributed by atoms with van der Waals surface area (Å²) in [5.41, 5.74) is -0.466. The Morgan fingerprint density at radius 1 is 1.30 bits per heavy atom. The third-order valence-electron chi connectivity index (χ3n) is 5.32. The summed E-state index contributed by atoms with van der Waals surface area (Å²) in [5, 5.41) is 13.4. The van der Waals surface area contributed by atoms with Gasteiger partial charge in [-0.15, -0.1) is 0 Å². The second-order valence-electron chi connectivity index (χ2n) is 8.29. The quantitative estimate of drug-likeness (QED) is 0.785. The lowest BCUT2D eigenvalue weighted by molar-refractivity contribution is -0.128. The van der Waals surface area contributed by atoms with Crippen LogP contribution in [0.3, 0.4) is 0 Å². The zero-order chi connectivity index (χ0) is 16.9. The molecular weight excluding hydrogens is 294 g/mol. The molecule has 1 aliphatic heterocycles. The van der Waals surface area contributed by atoms with Crippen LogP contribution >= 0.6 is 0 Å². The van der Waals surface area contributed by atoms with E-state index in [2.05, 4.69) is 26.1 Å². The van der Waals surface area contributed by atoms with Gasteiger partial charge in [-0.05, 0) is 49.9 Å². The molecule has 1 saturated heterocycles. The van der Waals surface area contributed by atoms with E-state index in [1.54, 1.807) is 0 Å². The van der Waals surface area contributed by atoms with Crippen molar-refractivity contribution in [1.29, 1.82) is 0 Å². The van der Waals surface area contributed by atoms with Crippen LogP contribution in [-0.4, -0.2) is 49.1 Å². The van der Waals surface area contributed by atoms with E-state index in [9.17, 15) is 9.90 Å². The first-order valence-electron chi connectivity index (χ1n) is 8.97. The molecule has 2 aliphatic rings. The van der Waals surface area contributed by atoms with E-state index >= 15 is 0 Å². The average Bonchev–Trinajstić information content (AvgIpc) is 2.98. The smallest absolute Gasteiger partial charge is 0.246 e. The maximum absolute atomic E-state index is 11.8. The van der Waals surface area contributed by atoms with Gasteiger partial charge < -0.3 is 19.9 Å². The Hall–Kier alpha value is -0.650. The number of carbonyl (C=O) groups is 1. The third kappa shape index (κ3) is 6.05. The molecule has 0 unspecified atom stereocenters. The molecule has 2 fully saturated rings. The number of hydrogen-bond acceptors (Lipinski definition) is 4. The maximum atomic E-state index is 11.8. The van der Waals surface area contributed by atoms with Gasteiger partial charge >= 0.3 is 0 Å². The summed E-state index contributed by atoms with van der Waals surface area (Å²) in [6.07, 6.45) is 5.77. The zero-order valence-electron chi connectivity index (χ0n) is 14.9. The Kier molecular flexibility index (Phi) is 6.46. The summed E-state index contributed by atoms with van der Waals surface area (Å²) in [7, 11) is 0. The van der Waals surface area contributed by atoms with Crippen LogP contribution in [0.2, 0.25) is 0 Å². The molecule has 0 aromatic carbocycles. The minimum Gasteiger partial charge on any atom is -0.388 e. The highest BCUT2D eigenvalue weighted by Crippen LogP contribution is 2.41. The van der Waals surface area contributed by atoms with Gasteiger partial charge in [0, 0.05) is 13.2 Å². The molecule has 1 heterocycles. The average molecular weight is 327 g/mol. The van der Waals surface area contributed by atoms with E-state index < -0.39 is 5.60 Å². The molecule has 5 nitrogen and oxygen atoms in total. The number of rotatable bonds is 6. The number of carbonyl (C=O) groups excluding carboxylic acids is 1. The van der Waals surface area contributed by atoms with Gasteiger partial charge in [-0.25, -0.2) is 0 Å². The van der Waals surface area contributed by atoms with Crippen molar-refractivity contribution in [3.8, 4) is 0 Å². The fraction of sp³-hybridized carbons (Fsp3) is 0.944. The molecule has 0 aromatic rings. The molecular formula is C18H33NO4. The number of aliphatic hydroxyl groups is 1. The number of nitrogens with one attached hydrogen (secondary N) is 1. The van der Waals surface area contributed by atoms with E-state index in [4.69, 9.17) is 9.47 Å². The standard InChI is InChI=1S/C18H33NO4/c1-17(2,3)14-6-8-18(21,9-7-14)13-19-16(20)12-22-11-15-5-4-10-23-15/h14-15,21H,4-13H2,1-3H3,(H,19,20)/t14?,15-,18?/m0/s1. The number of hydrogen-bond donors (Lipinski definition) is 2. The molecule has 0 spiro atoms. The summed E-state index contributed by atoms with van der Waals surface area (Å²) in [4.78, 5) is 11.8. The molecule has 0 radical (unpaired) electrons. The molecule has 1 saturated carbocycles. The molecule has 1 amide bonds. The summed E-state index contributed by atoms with van der Waals surface area (Å²) < 4.78 is 10.8. The van der Waals surface area contributed by atoms with Crippen molar-refractivity contribution in [3.05, 3.63) is 0 Å². The van der Waals surface area contributed by atoms with Gasteiger partial charge in [0.15, 0.2) is 0 Å². The van der Waals surface area contributed by atoms with Crippen LogP contribution in [0.25, 0.3) is 0 Å². The first-order valence-corrected chi connectivity index (χ1v) is 8.97. The predicted molar refractivity (Wildman–Crippen MR) is 89.2 cm³/mol. The van der Waals surface area contributed by atoms with Crippen LogP contribution in [0, 0.1) is 11.3 Å². The Balaban J connectivity index is 1.61. The number of ether oxygens (including phenoxy) is 2. The van der Waals surface area contributed by atoms with Crippen molar-refractivity contribution >= 4 is 5.91 Å². The van der Waals surface area contributed by atoms with E-state index in [0.717, 1.165) is 45.1 Å². The molecule has 134 valence electrons. The Bertz CT molecular complexity index is 377. The molecule has 2 N–H and O–H groups in total. The Morgan fingerprint density at radius 2 is 2.00 bits per heavy atom. The third-order valence-corrected chi connectivity index (χ3v) is 5.32. The molecule has 1 atom stereocenters. The molecule has 23 heavy (non-hydrogen) atoms. The van der Waals surface area contributed by atoms with Crippen LogP contribution in [0.4, 0.5) is 0 Å². The van der Waals surface area contributed by atoms with Gasteiger partial charge in [0.25, 0.3) is 0 Å². The molecule has 1 aliphatic carbocycles. The van der Waals surface area contributed by atoms with Crippen molar-refractivity contribution in [2.24, 2.45) is 11.3 Å². The Morgan fingerprint density at radius 3 is 2.57 bits per heavy atom. The van der Waals surface area contributed by atoms with E-state index in [0.29, 0.717) is 24.5 Å². The fourth-order valence-corrected chi connectivity index (χ4v) is 3.57. The zero-order valence-corrected chi connectivity index (χ0v) is 14.9. The summed E-state index contributed by atoms with van der Waals surface area (Å²) >= 11 is 0. The predicted octanol–water partition coefficient (Wildman–Crippen LogP) is 2.27. The molecule has 0 bridgehead atoms. The second-order valence-corrected chi connectivity index (χ2v) is 8.29. The minimum absolute atomic E-state index is 0.0422. The lowest BCUT2D eigenvalue weighted by Gasteiger charge is -2.41.